The first-order valence-corrected chi connectivity index (χ1v) is 8.85. The van der Waals surface area contributed by atoms with Crippen LogP contribution in [0.4, 0.5) is 0 Å². The first-order valence-electron chi connectivity index (χ1n) is 8.85. The van der Waals surface area contributed by atoms with E-state index in [-0.39, 0.29) is 0 Å². The van der Waals surface area contributed by atoms with Crippen molar-refractivity contribution in [3.63, 3.8) is 0 Å². The maximum atomic E-state index is 4.00. The van der Waals surface area contributed by atoms with Crippen LogP contribution in [0.2, 0.25) is 0 Å². The number of piperidine rings is 1. The van der Waals surface area contributed by atoms with Crippen LogP contribution in [0.25, 0.3) is 0 Å². The lowest BCUT2D eigenvalue weighted by molar-refractivity contribution is 0.180. The summed E-state index contributed by atoms with van der Waals surface area (Å²) in [6.45, 7) is 5.07. The molecule has 1 saturated heterocycles. The lowest BCUT2D eigenvalue weighted by Gasteiger charge is -2.34. The van der Waals surface area contributed by atoms with Gasteiger partial charge in [-0.15, -0.1) is 0 Å². The molecule has 2 saturated carbocycles. The number of nitrogens with zero attached hydrogens (tertiary/aromatic N) is 1. The number of hydrogen-bond acceptors (Lipinski definition) is 2. The Hall–Kier alpha value is -0.0800. The molecule has 1 heterocycles. The van der Waals surface area contributed by atoms with Crippen molar-refractivity contribution in [2.45, 2.75) is 89.3 Å². The van der Waals surface area contributed by atoms with Crippen LogP contribution in [0.1, 0.15) is 71.1 Å². The molecule has 1 N–H and O–H groups in total. The third-order valence-electron chi connectivity index (χ3n) is 5.73. The zero-order valence-corrected chi connectivity index (χ0v) is 12.7. The fraction of sp³-hybridized carbons (Fsp3) is 1.00. The van der Waals surface area contributed by atoms with Gasteiger partial charge in [0.05, 0.1) is 0 Å². The van der Waals surface area contributed by atoms with E-state index in [1.165, 1.54) is 77.3 Å². The number of likely N-dealkylation sites (tertiary alicyclic amines) is 1. The maximum absolute atomic E-state index is 4.00. The van der Waals surface area contributed by atoms with Crippen molar-refractivity contribution in [1.29, 1.82) is 0 Å². The van der Waals surface area contributed by atoms with E-state index in [4.69, 9.17) is 0 Å². The van der Waals surface area contributed by atoms with Crippen LogP contribution in [-0.4, -0.2) is 36.1 Å². The molecule has 1 aliphatic heterocycles. The Kier molecular flexibility index (Phi) is 4.81. The van der Waals surface area contributed by atoms with Gasteiger partial charge in [0, 0.05) is 18.1 Å². The Morgan fingerprint density at radius 2 is 1.58 bits per heavy atom. The largest absolute Gasteiger partial charge is 0.311 e. The van der Waals surface area contributed by atoms with Crippen molar-refractivity contribution < 1.29 is 0 Å². The summed E-state index contributed by atoms with van der Waals surface area (Å²) in [5.41, 5.74) is 0. The Morgan fingerprint density at radius 1 is 0.842 bits per heavy atom. The predicted octanol–water partition coefficient (Wildman–Crippen LogP) is 3.56. The maximum Gasteiger partial charge on any atom is 0.00964 e. The minimum absolute atomic E-state index is 0.818. The van der Waals surface area contributed by atoms with Gasteiger partial charge in [-0.1, -0.05) is 26.2 Å². The van der Waals surface area contributed by atoms with Crippen LogP contribution in [0, 0.1) is 5.92 Å². The Balaban J connectivity index is 1.39. The highest BCUT2D eigenvalue weighted by molar-refractivity contribution is 4.90. The van der Waals surface area contributed by atoms with Gasteiger partial charge in [0.1, 0.15) is 0 Å². The second-order valence-corrected chi connectivity index (χ2v) is 7.19. The molecule has 3 fully saturated rings. The summed E-state index contributed by atoms with van der Waals surface area (Å²) in [7, 11) is 0. The summed E-state index contributed by atoms with van der Waals surface area (Å²) < 4.78 is 0. The second kappa shape index (κ2) is 6.58. The SMILES string of the molecule is CCC1CCCC(NC2CCN(C3CC3)CC2)CC1. The minimum atomic E-state index is 0.818. The molecule has 2 unspecified atom stereocenters. The van der Waals surface area contributed by atoms with E-state index in [0.717, 1.165) is 24.0 Å². The van der Waals surface area contributed by atoms with Crippen molar-refractivity contribution in [2.24, 2.45) is 5.92 Å². The van der Waals surface area contributed by atoms with Crippen molar-refractivity contribution in [2.75, 3.05) is 13.1 Å². The van der Waals surface area contributed by atoms with E-state index in [2.05, 4.69) is 17.1 Å². The molecule has 2 nitrogen and oxygen atoms in total. The van der Waals surface area contributed by atoms with Crippen LogP contribution in [0.5, 0.6) is 0 Å². The third kappa shape index (κ3) is 3.95. The van der Waals surface area contributed by atoms with Crippen LogP contribution in [-0.2, 0) is 0 Å². The zero-order chi connectivity index (χ0) is 13.1. The minimum Gasteiger partial charge on any atom is -0.311 e. The number of nitrogens with one attached hydrogen (secondary N) is 1. The summed E-state index contributed by atoms with van der Waals surface area (Å²) in [5, 5.41) is 4.00. The topological polar surface area (TPSA) is 15.3 Å². The second-order valence-electron chi connectivity index (χ2n) is 7.19. The Labute approximate surface area is 119 Å². The molecular weight excluding hydrogens is 232 g/mol. The Morgan fingerprint density at radius 3 is 2.26 bits per heavy atom. The van der Waals surface area contributed by atoms with Gasteiger partial charge in [0.2, 0.25) is 0 Å². The molecule has 0 bridgehead atoms. The summed E-state index contributed by atoms with van der Waals surface area (Å²) in [4.78, 5) is 2.73. The molecule has 0 amide bonds. The normalized spacial score (nSPS) is 35.2. The highest BCUT2D eigenvalue weighted by Gasteiger charge is 2.32. The van der Waals surface area contributed by atoms with Gasteiger partial charge in [-0.25, -0.2) is 0 Å². The summed E-state index contributed by atoms with van der Waals surface area (Å²) in [5.74, 6) is 1.02. The molecule has 19 heavy (non-hydrogen) atoms. The smallest absolute Gasteiger partial charge is 0.00964 e. The van der Waals surface area contributed by atoms with Crippen LogP contribution < -0.4 is 5.32 Å². The molecule has 3 aliphatic rings. The van der Waals surface area contributed by atoms with E-state index < -0.39 is 0 Å². The van der Waals surface area contributed by atoms with Gasteiger partial charge in [-0.05, 0) is 64.0 Å². The van der Waals surface area contributed by atoms with E-state index in [0.29, 0.717) is 0 Å². The molecule has 2 aliphatic carbocycles. The summed E-state index contributed by atoms with van der Waals surface area (Å²) in [6.07, 6.45) is 14.4. The van der Waals surface area contributed by atoms with Crippen molar-refractivity contribution in [3.05, 3.63) is 0 Å². The molecule has 3 rings (SSSR count). The van der Waals surface area contributed by atoms with Gasteiger partial charge in [-0.3, -0.25) is 0 Å². The van der Waals surface area contributed by atoms with Gasteiger partial charge in [-0.2, -0.15) is 0 Å². The fourth-order valence-corrected chi connectivity index (χ4v) is 4.16. The lowest BCUT2D eigenvalue weighted by Crippen LogP contribution is -2.46. The van der Waals surface area contributed by atoms with Crippen LogP contribution in [0.15, 0.2) is 0 Å². The van der Waals surface area contributed by atoms with Crippen LogP contribution >= 0.6 is 0 Å². The van der Waals surface area contributed by atoms with E-state index in [1.54, 1.807) is 0 Å². The quantitative estimate of drug-likeness (QED) is 0.781. The third-order valence-corrected chi connectivity index (χ3v) is 5.73. The molecular formula is C17H32N2. The number of hydrogen-bond donors (Lipinski definition) is 1. The molecule has 2 atom stereocenters. The Bertz CT molecular complexity index is 266. The monoisotopic (exact) mass is 264 g/mol. The first kappa shape index (κ1) is 13.9. The highest BCUT2D eigenvalue weighted by atomic mass is 15.2. The molecule has 0 spiro atoms. The van der Waals surface area contributed by atoms with Crippen molar-refractivity contribution in [1.82, 2.24) is 10.2 Å². The molecule has 0 aromatic heterocycles. The van der Waals surface area contributed by atoms with E-state index in [1.807, 2.05) is 0 Å². The summed E-state index contributed by atoms with van der Waals surface area (Å²) in [6, 6.07) is 2.62. The van der Waals surface area contributed by atoms with E-state index >= 15 is 0 Å². The van der Waals surface area contributed by atoms with Gasteiger partial charge >= 0.3 is 0 Å². The summed E-state index contributed by atoms with van der Waals surface area (Å²) >= 11 is 0. The predicted molar refractivity (Wildman–Crippen MR) is 81.4 cm³/mol. The van der Waals surface area contributed by atoms with Gasteiger partial charge in [0.15, 0.2) is 0 Å². The molecule has 0 aromatic rings. The number of rotatable bonds is 4. The highest BCUT2D eigenvalue weighted by Crippen LogP contribution is 2.30. The zero-order valence-electron chi connectivity index (χ0n) is 12.7. The molecule has 0 aromatic carbocycles. The fourth-order valence-electron chi connectivity index (χ4n) is 4.16. The van der Waals surface area contributed by atoms with Crippen molar-refractivity contribution in [3.8, 4) is 0 Å². The van der Waals surface area contributed by atoms with Crippen molar-refractivity contribution >= 4 is 0 Å². The van der Waals surface area contributed by atoms with Gasteiger partial charge in [0.25, 0.3) is 0 Å². The average molecular weight is 264 g/mol. The molecule has 0 radical (unpaired) electrons. The standard InChI is InChI=1S/C17H32N2/c1-2-14-4-3-5-15(7-6-14)18-16-10-12-19(13-11-16)17-8-9-17/h14-18H,2-13H2,1H3. The lowest BCUT2D eigenvalue weighted by atomic mass is 9.97. The first-order chi connectivity index (χ1) is 9.35. The van der Waals surface area contributed by atoms with Crippen LogP contribution in [0.3, 0.4) is 0 Å². The molecule has 2 heteroatoms. The van der Waals surface area contributed by atoms with E-state index in [9.17, 15) is 0 Å². The average Bonchev–Trinajstić information content (AvgIpc) is 3.27. The van der Waals surface area contributed by atoms with Gasteiger partial charge < -0.3 is 10.2 Å². The molecule has 110 valence electrons.